The monoisotopic (exact) mass is 185 g/mol. The fraction of sp³-hybridized carbons (Fsp3) is 0. The average Bonchev–Trinajstić information content (AvgIpc) is 1.72. The SMILES string of the molecule is O=[P][Mn]=[O].[O]=[V]. The van der Waals surface area contributed by atoms with Crippen LogP contribution in [0.4, 0.5) is 0 Å². The van der Waals surface area contributed by atoms with Crippen LogP contribution in [0.2, 0.25) is 0 Å². The van der Waals surface area contributed by atoms with E-state index in [4.69, 9.17) is 12.1 Å². The summed E-state index contributed by atoms with van der Waals surface area (Å²) in [4.78, 5) is 0. The fourth-order valence-electron chi connectivity index (χ4n) is 0. The van der Waals surface area contributed by atoms with E-state index in [0.29, 0.717) is 0 Å². The second-order valence-corrected chi connectivity index (χ2v) is 1.71. The van der Waals surface area contributed by atoms with E-state index in [1.54, 1.807) is 0 Å². The molecule has 0 aromatic heterocycles. The molecule has 0 heterocycles. The summed E-state index contributed by atoms with van der Waals surface area (Å²) in [6.07, 6.45) is 0. The number of hydrogen-bond acceptors (Lipinski definition) is 3. The molecule has 0 saturated carbocycles. The standard InChI is InChI=1S/Mn.OP.2O.V/c;1-2;;;/q+1;-1;;;. The van der Waals surface area contributed by atoms with Gasteiger partial charge in [0.25, 0.3) is 0 Å². The summed E-state index contributed by atoms with van der Waals surface area (Å²) < 4.78 is 26.2. The molecule has 0 N–H and O–H groups in total. The van der Waals surface area contributed by atoms with Crippen LogP contribution in [0.1, 0.15) is 0 Å². The minimum absolute atomic E-state index is 0.276. The van der Waals surface area contributed by atoms with Crippen molar-refractivity contribution in [2.24, 2.45) is 0 Å². The van der Waals surface area contributed by atoms with Crippen LogP contribution in [0.15, 0.2) is 0 Å². The van der Waals surface area contributed by atoms with Gasteiger partial charge in [0.1, 0.15) is 0 Å². The van der Waals surface area contributed by atoms with Crippen LogP contribution in [-0.2, 0) is 43.9 Å². The second kappa shape index (κ2) is 17.0. The first-order chi connectivity index (χ1) is 2.91. The first kappa shape index (κ1) is 9.93. The van der Waals surface area contributed by atoms with Crippen molar-refractivity contribution in [2.45, 2.75) is 0 Å². The van der Waals surface area contributed by atoms with Crippen molar-refractivity contribution in [1.29, 1.82) is 0 Å². The Morgan fingerprint density at radius 3 is 1.67 bits per heavy atom. The average molecular weight is 185 g/mol. The molecule has 0 spiro atoms. The second-order valence-electron chi connectivity index (χ2n) is 0.138. The van der Waals surface area contributed by atoms with Gasteiger partial charge in [0.15, 0.2) is 0 Å². The molecule has 0 radical (unpaired) electrons. The maximum atomic E-state index is 9.01. The Hall–Kier alpha value is 0.804. The molecule has 0 rings (SSSR count). The van der Waals surface area contributed by atoms with E-state index in [0.717, 1.165) is 17.4 Å². The first-order valence-corrected chi connectivity index (χ1v) is 4.03. The first-order valence-electron chi connectivity index (χ1n) is 0.688. The molecule has 0 aromatic carbocycles. The van der Waals surface area contributed by atoms with E-state index in [9.17, 15) is 0 Å². The molecule has 0 aliphatic heterocycles. The van der Waals surface area contributed by atoms with Crippen LogP contribution in [0.3, 0.4) is 0 Å². The molecule has 6 heteroatoms. The zero-order chi connectivity index (χ0) is 5.41. The van der Waals surface area contributed by atoms with Crippen molar-refractivity contribution >= 4 is 7.15 Å². The Morgan fingerprint density at radius 2 is 1.67 bits per heavy atom. The summed E-state index contributed by atoms with van der Waals surface area (Å²) in [5.41, 5.74) is 0. The van der Waals surface area contributed by atoms with Crippen LogP contribution in [0.25, 0.3) is 0 Å². The van der Waals surface area contributed by atoms with E-state index in [2.05, 4.69) is 0 Å². The molecule has 0 saturated heterocycles. The molecule has 0 aliphatic rings. The summed E-state index contributed by atoms with van der Waals surface area (Å²) in [6.45, 7) is 0. The third-order valence-corrected chi connectivity index (χ3v) is 0.348. The summed E-state index contributed by atoms with van der Waals surface area (Å²) in [7, 11) is -0.276. The van der Waals surface area contributed by atoms with Crippen molar-refractivity contribution in [3.63, 3.8) is 0 Å². The van der Waals surface area contributed by atoms with Gasteiger partial charge in [-0.3, -0.25) is 0 Å². The van der Waals surface area contributed by atoms with Crippen molar-refractivity contribution in [2.75, 3.05) is 0 Å². The van der Waals surface area contributed by atoms with Crippen molar-refractivity contribution in [1.82, 2.24) is 0 Å². The van der Waals surface area contributed by atoms with Gasteiger partial charge in [0, 0.05) is 0 Å². The zero-order valence-electron chi connectivity index (χ0n) is 2.50. The van der Waals surface area contributed by atoms with E-state index < -0.39 is 14.4 Å². The molecule has 0 aliphatic carbocycles. The third kappa shape index (κ3) is 21.4. The van der Waals surface area contributed by atoms with Crippen molar-refractivity contribution in [3.8, 4) is 0 Å². The van der Waals surface area contributed by atoms with Gasteiger partial charge >= 0.3 is 51.0 Å². The van der Waals surface area contributed by atoms with Crippen LogP contribution < -0.4 is 0 Å². The minimum atomic E-state index is -0.715. The van der Waals surface area contributed by atoms with E-state index >= 15 is 0 Å². The van der Waals surface area contributed by atoms with E-state index in [1.807, 2.05) is 0 Å². The number of rotatable bonds is 1. The van der Waals surface area contributed by atoms with Gasteiger partial charge in [0.05, 0.1) is 0 Å². The Labute approximate surface area is 51.3 Å². The van der Waals surface area contributed by atoms with Gasteiger partial charge < -0.3 is 0 Å². The van der Waals surface area contributed by atoms with Crippen LogP contribution in [0.5, 0.6) is 0 Å². The fourth-order valence-corrected chi connectivity index (χ4v) is 0. The van der Waals surface area contributed by atoms with Gasteiger partial charge in [-0.15, -0.1) is 0 Å². The third-order valence-electron chi connectivity index (χ3n) is 0.0282. The van der Waals surface area contributed by atoms with Crippen LogP contribution >= 0.6 is 7.15 Å². The Bertz CT molecular complexity index is 40.1. The molecule has 0 unspecified atom stereocenters. The van der Waals surface area contributed by atoms with Crippen LogP contribution in [0, 0.1) is 0 Å². The van der Waals surface area contributed by atoms with Crippen LogP contribution in [-0.4, -0.2) is 0 Å². The van der Waals surface area contributed by atoms with Crippen molar-refractivity contribution < 1.29 is 43.9 Å². The normalized spacial score (nSPS) is 5.83. The molecule has 35 valence electrons. The molecule has 3 nitrogen and oxygen atoms in total. The van der Waals surface area contributed by atoms with Gasteiger partial charge in [0.2, 0.25) is 0 Å². The predicted octanol–water partition coefficient (Wildman–Crippen LogP) is 0.500. The summed E-state index contributed by atoms with van der Waals surface area (Å²) in [6, 6.07) is 0. The summed E-state index contributed by atoms with van der Waals surface area (Å²) in [5.74, 6) is 0. The Kier molecular flexibility index (Phi) is 28.2. The summed E-state index contributed by atoms with van der Waals surface area (Å²) >= 11 is 0.347. The van der Waals surface area contributed by atoms with Gasteiger partial charge in [-0.1, -0.05) is 0 Å². The zero-order valence-corrected chi connectivity index (χ0v) is 5.97. The van der Waals surface area contributed by atoms with Crippen molar-refractivity contribution in [3.05, 3.63) is 0 Å². The quantitative estimate of drug-likeness (QED) is 0.441. The van der Waals surface area contributed by atoms with Gasteiger partial charge in [-0.25, -0.2) is 0 Å². The topological polar surface area (TPSA) is 51.2 Å². The molecule has 0 amide bonds. The number of hydrogen-bond donors (Lipinski definition) is 0. The predicted molar refractivity (Wildman–Crippen MR) is 8.98 cm³/mol. The molecule has 0 atom stereocenters. The van der Waals surface area contributed by atoms with Gasteiger partial charge in [-0.05, 0) is 0 Å². The molecular formula is MnO3PV. The molecule has 0 fully saturated rings. The maximum absolute atomic E-state index is 9.01. The summed E-state index contributed by atoms with van der Waals surface area (Å²) in [5, 5.41) is 0. The van der Waals surface area contributed by atoms with E-state index in [-0.39, 0.29) is 7.15 Å². The molecule has 0 bridgehead atoms. The Morgan fingerprint density at radius 1 is 1.50 bits per heavy atom. The Balaban J connectivity index is 0. The molecule has 6 heavy (non-hydrogen) atoms. The van der Waals surface area contributed by atoms with E-state index in [1.165, 1.54) is 0 Å². The van der Waals surface area contributed by atoms with Gasteiger partial charge in [-0.2, -0.15) is 0 Å². The molecule has 0 aromatic rings. The molecular weight excluding hydrogens is 185 g/mol.